The second kappa shape index (κ2) is 6.54. The lowest BCUT2D eigenvalue weighted by atomic mass is 10.1. The van der Waals surface area contributed by atoms with Gasteiger partial charge in [0, 0.05) is 25.5 Å². The van der Waals surface area contributed by atoms with Crippen molar-refractivity contribution < 1.29 is 4.74 Å². The van der Waals surface area contributed by atoms with Crippen LogP contribution in [0.5, 0.6) is 0 Å². The van der Waals surface area contributed by atoms with Gasteiger partial charge >= 0.3 is 0 Å². The number of pyridine rings is 2. The quantitative estimate of drug-likeness (QED) is 0.934. The molecule has 110 valence electrons. The summed E-state index contributed by atoms with van der Waals surface area (Å²) < 4.78 is 5.36. The molecule has 0 spiro atoms. The number of ether oxygens (including phenoxy) is 1. The number of hydrogen-bond donors (Lipinski definition) is 1. The van der Waals surface area contributed by atoms with Gasteiger partial charge in [0.15, 0.2) is 0 Å². The molecule has 1 atom stereocenters. The second-order valence-corrected chi connectivity index (χ2v) is 5.16. The maximum atomic E-state index is 5.36. The van der Waals surface area contributed by atoms with Crippen LogP contribution in [-0.4, -0.2) is 36.3 Å². The molecule has 0 saturated carbocycles. The summed E-state index contributed by atoms with van der Waals surface area (Å²) in [7, 11) is 0. The molecular formula is C16H20N4O. The van der Waals surface area contributed by atoms with E-state index in [0.717, 1.165) is 43.4 Å². The van der Waals surface area contributed by atoms with Crippen molar-refractivity contribution in [2.45, 2.75) is 13.0 Å². The zero-order chi connectivity index (χ0) is 14.5. The Morgan fingerprint density at radius 1 is 1.19 bits per heavy atom. The first kappa shape index (κ1) is 13.8. The minimum absolute atomic E-state index is 0.203. The average Bonchev–Trinajstić information content (AvgIpc) is 2.57. The monoisotopic (exact) mass is 284 g/mol. The van der Waals surface area contributed by atoms with E-state index in [1.54, 1.807) is 6.20 Å². The van der Waals surface area contributed by atoms with Crippen molar-refractivity contribution in [2.24, 2.45) is 0 Å². The predicted molar refractivity (Wildman–Crippen MR) is 83.5 cm³/mol. The summed E-state index contributed by atoms with van der Waals surface area (Å²) in [6.07, 6.45) is 5.56. The van der Waals surface area contributed by atoms with E-state index in [1.165, 1.54) is 0 Å². The molecule has 2 aromatic heterocycles. The summed E-state index contributed by atoms with van der Waals surface area (Å²) in [5.74, 6) is 1.01. The first-order chi connectivity index (χ1) is 10.3. The van der Waals surface area contributed by atoms with E-state index in [0.29, 0.717) is 0 Å². The van der Waals surface area contributed by atoms with Crippen LogP contribution >= 0.6 is 0 Å². The van der Waals surface area contributed by atoms with Crippen LogP contribution in [0.2, 0.25) is 0 Å². The molecule has 1 aliphatic heterocycles. The molecule has 3 rings (SSSR count). The third kappa shape index (κ3) is 3.49. The molecule has 0 aromatic carbocycles. The summed E-state index contributed by atoms with van der Waals surface area (Å²) in [5, 5.41) is 3.44. The van der Waals surface area contributed by atoms with Crippen LogP contribution in [0.25, 0.3) is 0 Å². The van der Waals surface area contributed by atoms with Crippen molar-refractivity contribution in [1.82, 2.24) is 9.97 Å². The van der Waals surface area contributed by atoms with Gasteiger partial charge in [0.05, 0.1) is 31.1 Å². The van der Waals surface area contributed by atoms with Gasteiger partial charge in [-0.3, -0.25) is 4.98 Å². The third-order valence-corrected chi connectivity index (χ3v) is 3.65. The van der Waals surface area contributed by atoms with Crippen LogP contribution in [0.4, 0.5) is 11.5 Å². The number of nitrogens with zero attached hydrogens (tertiary/aromatic N) is 3. The molecule has 2 aromatic rings. The van der Waals surface area contributed by atoms with Crippen LogP contribution in [0.15, 0.2) is 42.9 Å². The van der Waals surface area contributed by atoms with Gasteiger partial charge in [-0.1, -0.05) is 6.07 Å². The van der Waals surface area contributed by atoms with Crippen LogP contribution in [0, 0.1) is 0 Å². The SMILES string of the molecule is CC(Nc1ccc(N2CCOCC2)nc1)c1cccnc1. The van der Waals surface area contributed by atoms with E-state index in [2.05, 4.69) is 45.3 Å². The molecule has 3 heterocycles. The molecule has 1 unspecified atom stereocenters. The van der Waals surface area contributed by atoms with E-state index in [9.17, 15) is 0 Å². The Morgan fingerprint density at radius 2 is 2.05 bits per heavy atom. The smallest absolute Gasteiger partial charge is 0.128 e. The van der Waals surface area contributed by atoms with Crippen molar-refractivity contribution in [2.75, 3.05) is 36.5 Å². The molecule has 1 saturated heterocycles. The predicted octanol–water partition coefficient (Wildman–Crippen LogP) is 2.49. The van der Waals surface area contributed by atoms with E-state index in [-0.39, 0.29) is 6.04 Å². The summed E-state index contributed by atoms with van der Waals surface area (Å²) in [6.45, 7) is 5.49. The Morgan fingerprint density at radius 3 is 2.71 bits per heavy atom. The van der Waals surface area contributed by atoms with Gasteiger partial charge in [0.1, 0.15) is 5.82 Å². The Hall–Kier alpha value is -2.14. The lowest BCUT2D eigenvalue weighted by Crippen LogP contribution is -2.36. The van der Waals surface area contributed by atoms with Crippen LogP contribution in [-0.2, 0) is 4.74 Å². The van der Waals surface area contributed by atoms with E-state index >= 15 is 0 Å². The van der Waals surface area contributed by atoms with Crippen molar-refractivity contribution >= 4 is 11.5 Å². The standard InChI is InChI=1S/C16H20N4O/c1-13(14-3-2-6-17-11-14)19-15-4-5-16(18-12-15)20-7-9-21-10-8-20/h2-6,11-13,19H,7-10H2,1H3. The van der Waals surface area contributed by atoms with E-state index in [4.69, 9.17) is 4.74 Å². The Labute approximate surface area is 125 Å². The fraction of sp³-hybridized carbons (Fsp3) is 0.375. The first-order valence-corrected chi connectivity index (χ1v) is 7.28. The maximum Gasteiger partial charge on any atom is 0.128 e. The van der Waals surface area contributed by atoms with Gasteiger partial charge in [-0.15, -0.1) is 0 Å². The zero-order valence-corrected chi connectivity index (χ0v) is 12.2. The highest BCUT2D eigenvalue weighted by Gasteiger charge is 2.12. The largest absolute Gasteiger partial charge is 0.378 e. The van der Waals surface area contributed by atoms with Gasteiger partial charge in [0.2, 0.25) is 0 Å². The summed E-state index contributed by atoms with van der Waals surface area (Å²) in [5.41, 5.74) is 2.18. The lowest BCUT2D eigenvalue weighted by Gasteiger charge is -2.28. The molecule has 0 aliphatic carbocycles. The average molecular weight is 284 g/mol. The highest BCUT2D eigenvalue weighted by molar-refractivity contribution is 5.49. The van der Waals surface area contributed by atoms with E-state index in [1.807, 2.05) is 18.5 Å². The molecule has 21 heavy (non-hydrogen) atoms. The van der Waals surface area contributed by atoms with Crippen LogP contribution in [0.1, 0.15) is 18.5 Å². The zero-order valence-electron chi connectivity index (χ0n) is 12.2. The van der Waals surface area contributed by atoms with Gasteiger partial charge in [-0.25, -0.2) is 4.98 Å². The molecule has 5 nitrogen and oxygen atoms in total. The van der Waals surface area contributed by atoms with Crippen molar-refractivity contribution in [3.05, 3.63) is 48.4 Å². The normalized spacial score (nSPS) is 16.5. The van der Waals surface area contributed by atoms with Gasteiger partial charge < -0.3 is 15.0 Å². The fourth-order valence-corrected chi connectivity index (χ4v) is 2.42. The number of morpholine rings is 1. The molecule has 1 N–H and O–H groups in total. The Kier molecular flexibility index (Phi) is 4.31. The number of hydrogen-bond acceptors (Lipinski definition) is 5. The topological polar surface area (TPSA) is 50.3 Å². The molecule has 5 heteroatoms. The van der Waals surface area contributed by atoms with Crippen molar-refractivity contribution in [1.29, 1.82) is 0 Å². The molecular weight excluding hydrogens is 264 g/mol. The molecule has 1 aliphatic rings. The Bertz CT molecular complexity index is 552. The number of anilines is 2. The highest BCUT2D eigenvalue weighted by Crippen LogP contribution is 2.20. The molecule has 1 fully saturated rings. The third-order valence-electron chi connectivity index (χ3n) is 3.65. The molecule has 0 bridgehead atoms. The Balaban J connectivity index is 1.64. The number of aromatic nitrogens is 2. The van der Waals surface area contributed by atoms with Gasteiger partial charge in [-0.2, -0.15) is 0 Å². The first-order valence-electron chi connectivity index (χ1n) is 7.28. The number of rotatable bonds is 4. The minimum Gasteiger partial charge on any atom is -0.378 e. The molecule has 0 radical (unpaired) electrons. The summed E-state index contributed by atoms with van der Waals surface area (Å²) in [4.78, 5) is 10.9. The van der Waals surface area contributed by atoms with Crippen molar-refractivity contribution in [3.63, 3.8) is 0 Å². The van der Waals surface area contributed by atoms with Gasteiger partial charge in [0.25, 0.3) is 0 Å². The maximum absolute atomic E-state index is 5.36. The lowest BCUT2D eigenvalue weighted by molar-refractivity contribution is 0.122. The fourth-order valence-electron chi connectivity index (χ4n) is 2.42. The van der Waals surface area contributed by atoms with Crippen LogP contribution < -0.4 is 10.2 Å². The number of nitrogens with one attached hydrogen (secondary N) is 1. The molecule has 0 amide bonds. The highest BCUT2D eigenvalue weighted by atomic mass is 16.5. The van der Waals surface area contributed by atoms with Crippen molar-refractivity contribution in [3.8, 4) is 0 Å². The summed E-state index contributed by atoms with van der Waals surface area (Å²) in [6, 6.07) is 8.36. The minimum atomic E-state index is 0.203. The summed E-state index contributed by atoms with van der Waals surface area (Å²) >= 11 is 0. The van der Waals surface area contributed by atoms with Crippen LogP contribution in [0.3, 0.4) is 0 Å². The van der Waals surface area contributed by atoms with Gasteiger partial charge in [-0.05, 0) is 30.7 Å². The van der Waals surface area contributed by atoms with E-state index < -0.39 is 0 Å². The second-order valence-electron chi connectivity index (χ2n) is 5.16.